The van der Waals surface area contributed by atoms with Crippen molar-refractivity contribution in [2.45, 2.75) is 25.9 Å². The fourth-order valence-electron chi connectivity index (χ4n) is 2.27. The molecule has 1 saturated heterocycles. The maximum Gasteiger partial charge on any atom is 0.416 e. The number of rotatable bonds is 2. The van der Waals surface area contributed by atoms with E-state index in [0.717, 1.165) is 25.2 Å². The molecule has 0 bridgehead atoms. The maximum atomic E-state index is 12.6. The number of carbonyl (C=O) groups is 1. The van der Waals surface area contributed by atoms with Gasteiger partial charge in [-0.05, 0) is 44.1 Å². The molecule has 1 aromatic rings. The first-order chi connectivity index (χ1) is 9.72. The van der Waals surface area contributed by atoms with E-state index in [1.54, 1.807) is 0 Å². The van der Waals surface area contributed by atoms with Gasteiger partial charge in [0, 0.05) is 5.41 Å². The van der Waals surface area contributed by atoms with Crippen LogP contribution in [0.1, 0.15) is 25.3 Å². The van der Waals surface area contributed by atoms with Crippen LogP contribution in [0.25, 0.3) is 0 Å². The molecule has 21 heavy (non-hydrogen) atoms. The molecule has 0 saturated carbocycles. The van der Waals surface area contributed by atoms with E-state index in [4.69, 9.17) is 11.6 Å². The van der Waals surface area contributed by atoms with E-state index in [1.165, 1.54) is 6.07 Å². The molecule has 2 N–H and O–H groups in total. The van der Waals surface area contributed by atoms with Gasteiger partial charge >= 0.3 is 6.18 Å². The van der Waals surface area contributed by atoms with Crippen LogP contribution in [0.2, 0.25) is 5.02 Å². The third kappa shape index (κ3) is 3.68. The zero-order valence-electron chi connectivity index (χ0n) is 11.5. The molecule has 1 fully saturated rings. The quantitative estimate of drug-likeness (QED) is 0.872. The van der Waals surface area contributed by atoms with E-state index in [1.807, 2.05) is 6.92 Å². The first-order valence-corrected chi connectivity index (χ1v) is 6.99. The number of halogens is 4. The van der Waals surface area contributed by atoms with Crippen molar-refractivity contribution in [1.82, 2.24) is 5.32 Å². The van der Waals surface area contributed by atoms with Crippen molar-refractivity contribution < 1.29 is 18.0 Å². The average Bonchev–Trinajstić information content (AvgIpc) is 2.40. The minimum atomic E-state index is -4.45. The predicted octanol–water partition coefficient (Wildman–Crippen LogP) is 3.69. The second-order valence-electron chi connectivity index (χ2n) is 5.46. The Kier molecular flexibility index (Phi) is 4.49. The molecule has 0 aromatic heterocycles. The molecular weight excluding hydrogens is 305 g/mol. The smallest absolute Gasteiger partial charge is 0.324 e. The molecule has 0 aliphatic carbocycles. The van der Waals surface area contributed by atoms with Crippen LogP contribution in [0.3, 0.4) is 0 Å². The number of anilines is 1. The second-order valence-corrected chi connectivity index (χ2v) is 5.86. The molecular formula is C14H16ClF3N2O. The normalized spacial score (nSPS) is 18.3. The van der Waals surface area contributed by atoms with Gasteiger partial charge in [0.05, 0.1) is 16.3 Å². The van der Waals surface area contributed by atoms with Crippen molar-refractivity contribution >= 4 is 23.2 Å². The molecule has 3 nitrogen and oxygen atoms in total. The van der Waals surface area contributed by atoms with Crippen molar-refractivity contribution in [3.05, 3.63) is 28.8 Å². The highest BCUT2D eigenvalue weighted by Gasteiger charge is 2.35. The first-order valence-electron chi connectivity index (χ1n) is 6.61. The van der Waals surface area contributed by atoms with Crippen molar-refractivity contribution in [1.29, 1.82) is 0 Å². The van der Waals surface area contributed by atoms with Crippen molar-refractivity contribution in [3.8, 4) is 0 Å². The summed E-state index contributed by atoms with van der Waals surface area (Å²) in [7, 11) is 0. The summed E-state index contributed by atoms with van der Waals surface area (Å²) in [5, 5.41) is 5.68. The molecule has 0 spiro atoms. The Morgan fingerprint density at radius 2 is 1.95 bits per heavy atom. The van der Waals surface area contributed by atoms with E-state index < -0.39 is 17.2 Å². The van der Waals surface area contributed by atoms with Crippen molar-refractivity contribution in [3.63, 3.8) is 0 Å². The topological polar surface area (TPSA) is 41.1 Å². The fraction of sp³-hybridized carbons (Fsp3) is 0.500. The number of carbonyl (C=O) groups excluding carboxylic acids is 1. The van der Waals surface area contributed by atoms with Gasteiger partial charge in [0.1, 0.15) is 0 Å². The minimum Gasteiger partial charge on any atom is -0.324 e. The van der Waals surface area contributed by atoms with Crippen molar-refractivity contribution in [2.75, 3.05) is 18.4 Å². The van der Waals surface area contributed by atoms with E-state index >= 15 is 0 Å². The Bertz CT molecular complexity index is 540. The van der Waals surface area contributed by atoms with Crippen LogP contribution < -0.4 is 10.6 Å². The second kappa shape index (κ2) is 5.85. The molecule has 1 amide bonds. The third-order valence-corrected chi connectivity index (χ3v) is 4.11. The largest absolute Gasteiger partial charge is 0.416 e. The highest BCUT2D eigenvalue weighted by Crippen LogP contribution is 2.35. The number of alkyl halides is 3. The SMILES string of the molecule is CC1(C(=O)Nc2ccc(C(F)(F)F)cc2Cl)CCNCC1. The standard InChI is InChI=1S/C14H16ClF3N2O/c1-13(4-6-19-7-5-13)12(21)20-11-3-2-9(8-10(11)15)14(16,17)18/h2-3,8,19H,4-7H2,1H3,(H,20,21). The summed E-state index contributed by atoms with van der Waals surface area (Å²) < 4.78 is 37.7. The lowest BCUT2D eigenvalue weighted by Crippen LogP contribution is -2.42. The average molecular weight is 321 g/mol. The highest BCUT2D eigenvalue weighted by atomic mass is 35.5. The Morgan fingerprint density at radius 1 is 1.33 bits per heavy atom. The zero-order valence-corrected chi connectivity index (χ0v) is 12.2. The number of hydrogen-bond acceptors (Lipinski definition) is 2. The van der Waals surface area contributed by atoms with Gasteiger partial charge in [-0.25, -0.2) is 0 Å². The van der Waals surface area contributed by atoms with Crippen LogP contribution in [0.5, 0.6) is 0 Å². The van der Waals surface area contributed by atoms with Crippen LogP contribution in [-0.2, 0) is 11.0 Å². The Morgan fingerprint density at radius 3 is 2.48 bits per heavy atom. The van der Waals surface area contributed by atoms with Gasteiger partial charge in [-0.15, -0.1) is 0 Å². The van der Waals surface area contributed by atoms with Crippen LogP contribution in [-0.4, -0.2) is 19.0 Å². The lowest BCUT2D eigenvalue weighted by Gasteiger charge is -2.32. The molecule has 2 rings (SSSR count). The summed E-state index contributed by atoms with van der Waals surface area (Å²) in [6.07, 6.45) is -3.10. The summed E-state index contributed by atoms with van der Waals surface area (Å²) in [6.45, 7) is 3.33. The zero-order chi connectivity index (χ0) is 15.7. The van der Waals surface area contributed by atoms with Crippen molar-refractivity contribution in [2.24, 2.45) is 5.41 Å². The lowest BCUT2D eigenvalue weighted by molar-refractivity contribution is -0.137. The molecule has 1 heterocycles. The molecule has 0 unspecified atom stereocenters. The number of amides is 1. The Labute approximate surface area is 125 Å². The summed E-state index contributed by atoms with van der Waals surface area (Å²) in [5.41, 5.74) is -1.16. The first kappa shape index (κ1) is 16.1. The summed E-state index contributed by atoms with van der Waals surface area (Å²) in [4.78, 5) is 12.3. The third-order valence-electron chi connectivity index (χ3n) is 3.80. The number of benzene rings is 1. The van der Waals surface area contributed by atoms with Gasteiger partial charge < -0.3 is 10.6 Å². The monoisotopic (exact) mass is 320 g/mol. The van der Waals surface area contributed by atoms with Gasteiger partial charge in [0.25, 0.3) is 0 Å². The molecule has 1 aliphatic rings. The Balaban J connectivity index is 2.14. The summed E-state index contributed by atoms with van der Waals surface area (Å²) in [6, 6.07) is 2.92. The molecule has 1 aliphatic heterocycles. The minimum absolute atomic E-state index is 0.115. The maximum absolute atomic E-state index is 12.6. The highest BCUT2D eigenvalue weighted by molar-refractivity contribution is 6.33. The van der Waals surface area contributed by atoms with Crippen LogP contribution >= 0.6 is 11.6 Å². The van der Waals surface area contributed by atoms with E-state index in [-0.39, 0.29) is 16.6 Å². The molecule has 0 radical (unpaired) electrons. The predicted molar refractivity (Wildman–Crippen MR) is 75.3 cm³/mol. The van der Waals surface area contributed by atoms with Gasteiger partial charge in [0.15, 0.2) is 0 Å². The lowest BCUT2D eigenvalue weighted by atomic mass is 9.80. The number of nitrogens with one attached hydrogen (secondary N) is 2. The molecule has 0 atom stereocenters. The van der Waals surface area contributed by atoms with Gasteiger partial charge in [-0.2, -0.15) is 13.2 Å². The number of hydrogen-bond donors (Lipinski definition) is 2. The van der Waals surface area contributed by atoms with Gasteiger partial charge in [-0.1, -0.05) is 18.5 Å². The molecule has 116 valence electrons. The fourth-order valence-corrected chi connectivity index (χ4v) is 2.50. The summed E-state index contributed by atoms with van der Waals surface area (Å²) >= 11 is 5.84. The Hall–Kier alpha value is -1.27. The summed E-state index contributed by atoms with van der Waals surface area (Å²) in [5.74, 6) is -0.217. The van der Waals surface area contributed by atoms with Crippen LogP contribution in [0, 0.1) is 5.41 Å². The van der Waals surface area contributed by atoms with Crippen LogP contribution in [0.4, 0.5) is 18.9 Å². The van der Waals surface area contributed by atoms with Crippen LogP contribution in [0.15, 0.2) is 18.2 Å². The van der Waals surface area contributed by atoms with E-state index in [9.17, 15) is 18.0 Å². The molecule has 7 heteroatoms. The molecule has 1 aromatic carbocycles. The van der Waals surface area contributed by atoms with E-state index in [0.29, 0.717) is 12.8 Å². The van der Waals surface area contributed by atoms with Gasteiger partial charge in [0.2, 0.25) is 5.91 Å². The van der Waals surface area contributed by atoms with Gasteiger partial charge in [-0.3, -0.25) is 4.79 Å². The number of piperidine rings is 1. The van der Waals surface area contributed by atoms with E-state index in [2.05, 4.69) is 10.6 Å².